The standard InChI is InChI=1S/C34H36N4O4/c1-7-23-19(3)27-13-28-21(5)25(9-11-41-17-39)33(37-28)16-34-26(10-12-42-18-40)22(6)30(38-34)15-32-24(8-2)20(4)29(36-32)14-31(23)35-27/h7-8,13-18,35-38H,1-2,9-12H2,3-6H3. The summed E-state index contributed by atoms with van der Waals surface area (Å²) >= 11 is 0. The molecule has 0 amide bonds. The second-order valence-electron chi connectivity index (χ2n) is 10.5. The second kappa shape index (κ2) is 11.9. The number of rotatable bonds is 10. The van der Waals surface area contributed by atoms with Gasteiger partial charge in [-0.2, -0.15) is 0 Å². The van der Waals surface area contributed by atoms with Crippen LogP contribution in [0.25, 0.3) is 36.5 Å². The predicted molar refractivity (Wildman–Crippen MR) is 167 cm³/mol. The van der Waals surface area contributed by atoms with Crippen LogP contribution in [-0.2, 0) is 31.9 Å². The van der Waals surface area contributed by atoms with Gasteiger partial charge in [0.15, 0.2) is 0 Å². The van der Waals surface area contributed by atoms with Crippen LogP contribution in [0.15, 0.2) is 13.2 Å². The van der Waals surface area contributed by atoms with E-state index in [0.717, 1.165) is 88.7 Å². The van der Waals surface area contributed by atoms with Gasteiger partial charge in [0, 0.05) is 68.1 Å². The number of aromatic nitrogens is 4. The Balaban J connectivity index is 1.89. The fourth-order valence-corrected chi connectivity index (χ4v) is 5.88. The lowest BCUT2D eigenvalue weighted by atomic mass is 10.0. The fourth-order valence-electron chi connectivity index (χ4n) is 5.88. The van der Waals surface area contributed by atoms with E-state index in [2.05, 4.69) is 85.1 Å². The molecule has 8 bridgehead atoms. The minimum atomic E-state index is 0.268. The fraction of sp³-hybridized carbons (Fsp3) is 0.235. The molecule has 0 saturated heterocycles. The monoisotopic (exact) mass is 564 g/mol. The summed E-state index contributed by atoms with van der Waals surface area (Å²) in [5.74, 6) is 0. The van der Waals surface area contributed by atoms with Crippen molar-refractivity contribution in [3.63, 3.8) is 0 Å². The highest BCUT2D eigenvalue weighted by atomic mass is 16.5. The van der Waals surface area contributed by atoms with Crippen molar-refractivity contribution in [3.8, 4) is 0 Å². The third kappa shape index (κ3) is 5.11. The maximum atomic E-state index is 10.9. The van der Waals surface area contributed by atoms with Crippen molar-refractivity contribution in [3.05, 3.63) is 102 Å². The third-order valence-corrected chi connectivity index (χ3v) is 8.28. The summed E-state index contributed by atoms with van der Waals surface area (Å²) in [7, 11) is 0. The van der Waals surface area contributed by atoms with Gasteiger partial charge in [0.25, 0.3) is 12.9 Å². The summed E-state index contributed by atoms with van der Waals surface area (Å²) < 4.78 is 10.1. The number of H-pyrrole nitrogens is 4. The van der Waals surface area contributed by atoms with Crippen molar-refractivity contribution in [1.82, 2.24) is 19.9 Å². The summed E-state index contributed by atoms with van der Waals surface area (Å²) in [5, 5.41) is 3.78. The Labute approximate surface area is 243 Å². The number of carbonyl (C=O) groups is 2. The van der Waals surface area contributed by atoms with Crippen LogP contribution in [0.3, 0.4) is 0 Å². The maximum absolute atomic E-state index is 10.9. The van der Waals surface area contributed by atoms with E-state index in [0.29, 0.717) is 25.8 Å². The van der Waals surface area contributed by atoms with E-state index in [-0.39, 0.29) is 13.2 Å². The molecule has 42 heavy (non-hydrogen) atoms. The van der Waals surface area contributed by atoms with Gasteiger partial charge in [-0.15, -0.1) is 0 Å². The van der Waals surface area contributed by atoms with E-state index >= 15 is 0 Å². The average molecular weight is 565 g/mol. The number of fused-ring (bicyclic) bond motifs is 8. The number of nitrogens with one attached hydrogen (secondary N) is 4. The van der Waals surface area contributed by atoms with E-state index in [1.807, 2.05) is 12.2 Å². The molecule has 4 aromatic heterocycles. The summed E-state index contributed by atoms with van der Waals surface area (Å²) in [6.45, 7) is 18.0. The zero-order valence-corrected chi connectivity index (χ0v) is 24.5. The van der Waals surface area contributed by atoms with Gasteiger partial charge >= 0.3 is 0 Å². The van der Waals surface area contributed by atoms with Crippen molar-refractivity contribution in [2.24, 2.45) is 0 Å². The van der Waals surface area contributed by atoms with Crippen LogP contribution in [0.2, 0.25) is 0 Å². The molecule has 4 N–H and O–H groups in total. The molecule has 0 atom stereocenters. The Bertz CT molecular complexity index is 1960. The molecule has 0 aromatic carbocycles. The number of ether oxygens (including phenoxy) is 2. The molecule has 0 aliphatic carbocycles. The molecule has 4 aromatic rings. The molecule has 1 aliphatic rings. The lowest BCUT2D eigenvalue weighted by Gasteiger charge is -2.03. The van der Waals surface area contributed by atoms with Gasteiger partial charge in [-0.25, -0.2) is 0 Å². The number of hydrogen-bond donors (Lipinski definition) is 4. The molecule has 8 nitrogen and oxygen atoms in total. The highest BCUT2D eigenvalue weighted by Crippen LogP contribution is 2.23. The Morgan fingerprint density at radius 1 is 0.571 bits per heavy atom. The van der Waals surface area contributed by atoms with Gasteiger partial charge in [-0.1, -0.05) is 25.3 Å². The molecule has 0 spiro atoms. The van der Waals surface area contributed by atoms with E-state index in [9.17, 15) is 9.59 Å². The minimum absolute atomic E-state index is 0.268. The van der Waals surface area contributed by atoms with E-state index in [1.54, 1.807) is 0 Å². The average Bonchev–Trinajstić information content (AvgIpc) is 3.63. The normalized spacial score (nSPS) is 11.9. The smallest absolute Gasteiger partial charge is 0.293 e. The third-order valence-electron chi connectivity index (χ3n) is 8.28. The van der Waals surface area contributed by atoms with Crippen molar-refractivity contribution >= 4 is 49.4 Å². The molecule has 0 saturated carbocycles. The number of carbonyl (C=O) groups excluding carboxylic acids is 2. The van der Waals surface area contributed by atoms with Crippen LogP contribution in [0, 0.1) is 27.7 Å². The van der Waals surface area contributed by atoms with Crippen molar-refractivity contribution in [2.45, 2.75) is 40.5 Å². The first kappa shape index (κ1) is 28.5. The van der Waals surface area contributed by atoms with Gasteiger partial charge in [0.2, 0.25) is 0 Å². The van der Waals surface area contributed by atoms with Crippen molar-refractivity contribution in [2.75, 3.05) is 13.2 Å². The van der Waals surface area contributed by atoms with E-state index in [1.165, 1.54) is 0 Å². The topological polar surface area (TPSA) is 116 Å². The molecule has 8 heteroatoms. The Kier molecular flexibility index (Phi) is 8.06. The molecule has 5 heterocycles. The molecule has 0 unspecified atom stereocenters. The second-order valence-corrected chi connectivity index (χ2v) is 10.5. The molecule has 0 radical (unpaired) electrons. The van der Waals surface area contributed by atoms with Gasteiger partial charge in [-0.05, 0) is 85.4 Å². The molecule has 0 fully saturated rings. The summed E-state index contributed by atoms with van der Waals surface area (Å²) in [6, 6.07) is 0. The van der Waals surface area contributed by atoms with E-state index < -0.39 is 0 Å². The zero-order chi connectivity index (χ0) is 30.0. The largest absolute Gasteiger partial charge is 0.468 e. The lowest BCUT2D eigenvalue weighted by Crippen LogP contribution is -2.14. The van der Waals surface area contributed by atoms with Gasteiger partial charge in [-0.3, -0.25) is 9.59 Å². The van der Waals surface area contributed by atoms with Crippen LogP contribution < -0.4 is 21.4 Å². The van der Waals surface area contributed by atoms with Crippen LogP contribution in [0.1, 0.15) is 67.3 Å². The summed E-state index contributed by atoms with van der Waals surface area (Å²) in [5.41, 5.74) is 12.3. The number of aromatic amines is 4. The van der Waals surface area contributed by atoms with Gasteiger partial charge in [0.05, 0.1) is 13.2 Å². The maximum Gasteiger partial charge on any atom is 0.293 e. The van der Waals surface area contributed by atoms with Crippen LogP contribution >= 0.6 is 0 Å². The summed E-state index contributed by atoms with van der Waals surface area (Å²) in [4.78, 5) is 36.2. The summed E-state index contributed by atoms with van der Waals surface area (Å²) in [6.07, 6.45) is 13.3. The van der Waals surface area contributed by atoms with Crippen LogP contribution in [-0.4, -0.2) is 46.1 Å². The molecular formula is C34H36N4O4. The first-order valence-electron chi connectivity index (χ1n) is 13.9. The van der Waals surface area contributed by atoms with E-state index in [4.69, 9.17) is 9.47 Å². The van der Waals surface area contributed by atoms with Gasteiger partial charge < -0.3 is 29.4 Å². The highest BCUT2D eigenvalue weighted by molar-refractivity contribution is 5.72. The Hall–Kier alpha value is -4.98. The van der Waals surface area contributed by atoms with Crippen LogP contribution in [0.5, 0.6) is 0 Å². The SMILES string of the molecule is C=Cc1c2[nH]c(c1C)C=c1[nH]c(c(CCOC=O)c1C)=Cc1[nH]c(c(C)c1CCOC=O)C=c1[nH]c(c(C)c1C=C)=C2. The Morgan fingerprint density at radius 3 is 1.76 bits per heavy atom. The number of hydrogen-bond acceptors (Lipinski definition) is 4. The molecular weight excluding hydrogens is 528 g/mol. The predicted octanol–water partition coefficient (Wildman–Crippen LogP) is 2.58. The molecule has 1 aliphatic heterocycles. The van der Waals surface area contributed by atoms with Gasteiger partial charge in [0.1, 0.15) is 0 Å². The quantitative estimate of drug-likeness (QED) is 0.154. The molecule has 216 valence electrons. The molecule has 5 rings (SSSR count). The minimum Gasteiger partial charge on any atom is -0.468 e. The Morgan fingerprint density at radius 2 is 1.10 bits per heavy atom. The van der Waals surface area contributed by atoms with Crippen molar-refractivity contribution in [1.29, 1.82) is 0 Å². The highest BCUT2D eigenvalue weighted by Gasteiger charge is 2.16. The zero-order valence-electron chi connectivity index (χ0n) is 24.5. The van der Waals surface area contributed by atoms with Crippen molar-refractivity contribution < 1.29 is 19.1 Å². The first-order valence-corrected chi connectivity index (χ1v) is 13.9. The first-order chi connectivity index (χ1) is 20.3. The lowest BCUT2D eigenvalue weighted by molar-refractivity contribution is -0.129. The van der Waals surface area contributed by atoms with Crippen LogP contribution in [0.4, 0.5) is 0 Å².